The van der Waals surface area contributed by atoms with E-state index in [-0.39, 0.29) is 31.0 Å². The number of morpholine rings is 1. The van der Waals surface area contributed by atoms with Crippen molar-refractivity contribution in [3.63, 3.8) is 0 Å². The van der Waals surface area contributed by atoms with Crippen LogP contribution in [0, 0.1) is 0 Å². The van der Waals surface area contributed by atoms with Crippen molar-refractivity contribution in [3.8, 4) is 0 Å². The van der Waals surface area contributed by atoms with E-state index in [4.69, 9.17) is 15.2 Å². The van der Waals surface area contributed by atoms with Crippen molar-refractivity contribution >= 4 is 18.3 Å². The molecule has 0 bridgehead atoms. The van der Waals surface area contributed by atoms with Crippen LogP contribution in [0.15, 0.2) is 0 Å². The molecule has 1 atom stereocenters. The van der Waals surface area contributed by atoms with Crippen molar-refractivity contribution in [1.29, 1.82) is 0 Å². The normalized spacial score (nSPS) is 21.6. The van der Waals surface area contributed by atoms with Gasteiger partial charge in [-0.1, -0.05) is 0 Å². The predicted molar refractivity (Wildman–Crippen MR) is 54.5 cm³/mol. The summed E-state index contributed by atoms with van der Waals surface area (Å²) >= 11 is 0. The zero-order valence-corrected chi connectivity index (χ0v) is 9.09. The molecule has 0 aliphatic carbocycles. The van der Waals surface area contributed by atoms with Gasteiger partial charge in [0, 0.05) is 26.7 Å². The van der Waals surface area contributed by atoms with Crippen molar-refractivity contribution in [2.24, 2.45) is 5.73 Å². The van der Waals surface area contributed by atoms with Crippen LogP contribution in [0.5, 0.6) is 0 Å². The minimum Gasteiger partial charge on any atom is -0.375 e. The van der Waals surface area contributed by atoms with E-state index < -0.39 is 0 Å². The average molecular weight is 225 g/mol. The third-order valence-corrected chi connectivity index (χ3v) is 2.02. The predicted octanol–water partition coefficient (Wildman–Crippen LogP) is -0.759. The van der Waals surface area contributed by atoms with Gasteiger partial charge in [0.05, 0.1) is 12.7 Å². The van der Waals surface area contributed by atoms with E-state index in [1.807, 2.05) is 0 Å². The van der Waals surface area contributed by atoms with E-state index in [0.29, 0.717) is 26.2 Å². The maximum Gasteiger partial charge on any atom is 0.248 e. The number of hydrogen-bond acceptors (Lipinski definition) is 4. The van der Waals surface area contributed by atoms with Gasteiger partial charge in [0.15, 0.2) is 0 Å². The fourth-order valence-corrected chi connectivity index (χ4v) is 1.30. The average Bonchev–Trinajstić information content (AvgIpc) is 2.18. The summed E-state index contributed by atoms with van der Waals surface area (Å²) in [4.78, 5) is 13.1. The van der Waals surface area contributed by atoms with E-state index in [2.05, 4.69) is 0 Å². The fraction of sp³-hybridized carbons (Fsp3) is 0.875. The molecule has 84 valence electrons. The molecule has 0 radical (unpaired) electrons. The first-order valence-corrected chi connectivity index (χ1v) is 4.36. The third kappa shape index (κ3) is 3.79. The molecule has 6 heteroatoms. The monoisotopic (exact) mass is 224 g/mol. The Hall–Kier alpha value is -0.360. The van der Waals surface area contributed by atoms with E-state index in [9.17, 15) is 4.79 Å². The molecule has 5 nitrogen and oxygen atoms in total. The Morgan fingerprint density at radius 3 is 3.00 bits per heavy atom. The minimum absolute atomic E-state index is 0. The Labute approximate surface area is 89.9 Å². The summed E-state index contributed by atoms with van der Waals surface area (Å²) < 4.78 is 10.1. The second-order valence-corrected chi connectivity index (χ2v) is 3.00. The molecule has 1 aliphatic heterocycles. The van der Waals surface area contributed by atoms with Gasteiger partial charge in [0.2, 0.25) is 5.91 Å². The standard InChI is InChI=1S/C8H16N2O3.ClH/c1-12-6-8(11)10-2-3-13-7(4-9)5-10;/h7H,2-6,9H2,1H3;1H/t7-;/m0./s1. The van der Waals surface area contributed by atoms with Crippen LogP contribution in [0.25, 0.3) is 0 Å². The summed E-state index contributed by atoms with van der Waals surface area (Å²) in [5.41, 5.74) is 5.45. The van der Waals surface area contributed by atoms with Crippen molar-refractivity contribution in [2.75, 3.05) is 40.0 Å². The van der Waals surface area contributed by atoms with Gasteiger partial charge in [0.1, 0.15) is 6.61 Å². The van der Waals surface area contributed by atoms with Crippen LogP contribution >= 0.6 is 12.4 Å². The zero-order valence-electron chi connectivity index (χ0n) is 8.27. The molecular weight excluding hydrogens is 208 g/mol. The lowest BCUT2D eigenvalue weighted by molar-refractivity contribution is -0.142. The van der Waals surface area contributed by atoms with Gasteiger partial charge in [-0.2, -0.15) is 0 Å². The highest BCUT2D eigenvalue weighted by molar-refractivity contribution is 5.85. The highest BCUT2D eigenvalue weighted by atomic mass is 35.5. The summed E-state index contributed by atoms with van der Waals surface area (Å²) in [6, 6.07) is 0. The lowest BCUT2D eigenvalue weighted by Gasteiger charge is -2.32. The lowest BCUT2D eigenvalue weighted by Crippen LogP contribution is -2.49. The maximum absolute atomic E-state index is 11.4. The van der Waals surface area contributed by atoms with E-state index in [1.54, 1.807) is 4.90 Å². The first-order valence-electron chi connectivity index (χ1n) is 4.36. The molecule has 0 aromatic heterocycles. The van der Waals surface area contributed by atoms with Gasteiger partial charge in [-0.15, -0.1) is 12.4 Å². The molecule has 0 aromatic rings. The molecule has 1 aliphatic rings. The second kappa shape index (κ2) is 7.00. The number of carbonyl (C=O) groups is 1. The summed E-state index contributed by atoms with van der Waals surface area (Å²) in [5.74, 6) is 0.00394. The molecule has 1 saturated heterocycles. The highest BCUT2D eigenvalue weighted by Gasteiger charge is 2.22. The van der Waals surface area contributed by atoms with Gasteiger partial charge < -0.3 is 20.1 Å². The van der Waals surface area contributed by atoms with E-state index in [0.717, 1.165) is 0 Å². The summed E-state index contributed by atoms with van der Waals surface area (Å²) in [7, 11) is 1.51. The Bertz CT molecular complexity index is 180. The molecule has 0 unspecified atom stereocenters. The number of nitrogens with zero attached hydrogens (tertiary/aromatic N) is 1. The van der Waals surface area contributed by atoms with Gasteiger partial charge in [-0.25, -0.2) is 0 Å². The maximum atomic E-state index is 11.4. The largest absolute Gasteiger partial charge is 0.375 e. The van der Waals surface area contributed by atoms with Crippen LogP contribution in [0.3, 0.4) is 0 Å². The minimum atomic E-state index is -0.0189. The van der Waals surface area contributed by atoms with Crippen LogP contribution in [0.2, 0.25) is 0 Å². The fourth-order valence-electron chi connectivity index (χ4n) is 1.30. The number of amides is 1. The van der Waals surface area contributed by atoms with Crippen molar-refractivity contribution < 1.29 is 14.3 Å². The van der Waals surface area contributed by atoms with Crippen LogP contribution in [-0.4, -0.2) is 56.9 Å². The van der Waals surface area contributed by atoms with Gasteiger partial charge in [-0.05, 0) is 0 Å². The number of rotatable bonds is 3. The summed E-state index contributed by atoms with van der Waals surface area (Å²) in [6.07, 6.45) is -0.0189. The van der Waals surface area contributed by atoms with Crippen LogP contribution in [-0.2, 0) is 14.3 Å². The Morgan fingerprint density at radius 1 is 1.71 bits per heavy atom. The lowest BCUT2D eigenvalue weighted by atomic mass is 10.2. The first kappa shape index (κ1) is 13.6. The first-order chi connectivity index (χ1) is 6.27. The SMILES string of the molecule is COCC(=O)N1CCO[C@@H](CN)C1.Cl. The van der Waals surface area contributed by atoms with Crippen molar-refractivity contribution in [1.82, 2.24) is 4.90 Å². The van der Waals surface area contributed by atoms with E-state index >= 15 is 0 Å². The van der Waals surface area contributed by atoms with Crippen molar-refractivity contribution in [2.45, 2.75) is 6.10 Å². The molecule has 1 fully saturated rings. The van der Waals surface area contributed by atoms with Gasteiger partial charge in [-0.3, -0.25) is 4.79 Å². The Kier molecular flexibility index (Phi) is 6.82. The zero-order chi connectivity index (χ0) is 9.68. The quantitative estimate of drug-likeness (QED) is 0.685. The second-order valence-electron chi connectivity index (χ2n) is 3.00. The molecule has 0 aromatic carbocycles. The molecule has 1 rings (SSSR count). The molecule has 14 heavy (non-hydrogen) atoms. The highest BCUT2D eigenvalue weighted by Crippen LogP contribution is 2.04. The molecular formula is C8H17ClN2O3. The molecule has 0 saturated carbocycles. The van der Waals surface area contributed by atoms with E-state index in [1.165, 1.54) is 7.11 Å². The number of carbonyl (C=O) groups excluding carboxylic acids is 1. The number of halogens is 1. The third-order valence-electron chi connectivity index (χ3n) is 2.02. The smallest absolute Gasteiger partial charge is 0.248 e. The molecule has 1 heterocycles. The van der Waals surface area contributed by atoms with Crippen LogP contribution in [0.1, 0.15) is 0 Å². The number of hydrogen-bond donors (Lipinski definition) is 1. The van der Waals surface area contributed by atoms with Crippen molar-refractivity contribution in [3.05, 3.63) is 0 Å². The number of methoxy groups -OCH3 is 1. The molecule has 1 amide bonds. The Balaban J connectivity index is 0.00000169. The topological polar surface area (TPSA) is 64.8 Å². The number of ether oxygens (including phenoxy) is 2. The Morgan fingerprint density at radius 2 is 2.43 bits per heavy atom. The van der Waals surface area contributed by atoms with Crippen LogP contribution < -0.4 is 5.73 Å². The summed E-state index contributed by atoms with van der Waals surface area (Å²) in [6.45, 7) is 2.38. The molecule has 0 spiro atoms. The van der Waals surface area contributed by atoms with Crippen LogP contribution in [0.4, 0.5) is 0 Å². The molecule has 2 N–H and O–H groups in total. The number of nitrogens with two attached hydrogens (primary N) is 1. The van der Waals surface area contributed by atoms with Gasteiger partial charge in [0.25, 0.3) is 0 Å². The van der Waals surface area contributed by atoms with Gasteiger partial charge >= 0.3 is 0 Å². The summed E-state index contributed by atoms with van der Waals surface area (Å²) in [5, 5.41) is 0.